The molecule has 0 aromatic heterocycles. The number of aliphatic hydroxyl groups excluding tert-OH is 2. The van der Waals surface area contributed by atoms with E-state index in [0.717, 1.165) is 12.8 Å². The summed E-state index contributed by atoms with van der Waals surface area (Å²) in [5, 5.41) is 18.6. The Morgan fingerprint density at radius 1 is 1.31 bits per heavy atom. The van der Waals surface area contributed by atoms with Crippen molar-refractivity contribution in [2.45, 2.75) is 56.6 Å². The molecule has 0 aliphatic rings. The molecule has 0 fully saturated rings. The number of rotatable bonds is 9. The number of hydrogen-bond acceptors (Lipinski definition) is 4. The molecule has 0 saturated heterocycles. The lowest BCUT2D eigenvalue weighted by Gasteiger charge is -2.10. The Bertz CT molecular complexity index is 200. The lowest BCUT2D eigenvalue weighted by Crippen LogP contribution is -2.27. The summed E-state index contributed by atoms with van der Waals surface area (Å²) in [5.74, 6) is 0. The number of unbranched alkanes of at least 4 members (excludes halogenated alkanes) is 4. The van der Waals surface area contributed by atoms with E-state index < -0.39 is 6.29 Å². The molecule has 0 spiro atoms. The number of hydrogen-bond donors (Lipinski definition) is 3. The second-order valence-corrected chi connectivity index (χ2v) is 6.44. The van der Waals surface area contributed by atoms with Crippen molar-refractivity contribution >= 4 is 27.1 Å². The van der Waals surface area contributed by atoms with E-state index in [1.165, 1.54) is 32.8 Å². The molecule has 0 aromatic carbocycles. The molecule has 0 aliphatic heterocycles. The van der Waals surface area contributed by atoms with Crippen LogP contribution in [0.1, 0.15) is 45.4 Å². The van der Waals surface area contributed by atoms with Crippen molar-refractivity contribution < 1.29 is 14.9 Å². The highest BCUT2D eigenvalue weighted by molar-refractivity contribution is 7.82. The van der Waals surface area contributed by atoms with E-state index in [-0.39, 0.29) is 19.4 Å². The first kappa shape index (κ1) is 16.2. The molecule has 0 bridgehead atoms. The molecular formula is C11H23O3SSi. The number of methoxy groups -OCH3 is 1. The molecule has 0 aliphatic carbocycles. The van der Waals surface area contributed by atoms with E-state index in [9.17, 15) is 10.2 Å². The minimum atomic E-state index is -1.16. The molecule has 2 N–H and O–H groups in total. The molecule has 0 rings (SSSR count). The zero-order chi connectivity index (χ0) is 12.4. The Balaban J connectivity index is 3.68. The van der Waals surface area contributed by atoms with Gasteiger partial charge in [0.1, 0.15) is 5.35 Å². The first-order valence-electron chi connectivity index (χ1n) is 5.83. The van der Waals surface area contributed by atoms with Gasteiger partial charge in [-0.2, -0.15) is 12.6 Å². The Kier molecular flexibility index (Phi) is 10.4. The van der Waals surface area contributed by atoms with E-state index >= 15 is 0 Å². The fourth-order valence-corrected chi connectivity index (χ4v) is 2.90. The molecule has 3 nitrogen and oxygen atoms in total. The van der Waals surface area contributed by atoms with Gasteiger partial charge in [0.15, 0.2) is 0 Å². The fraction of sp³-hybridized carbons (Fsp3) is 0.909. The molecule has 2 atom stereocenters. The number of ether oxygens (including phenoxy) is 1. The predicted molar refractivity (Wildman–Crippen MR) is 71.9 cm³/mol. The third kappa shape index (κ3) is 8.33. The fourth-order valence-electron chi connectivity index (χ4n) is 1.37. The van der Waals surface area contributed by atoms with Crippen LogP contribution in [-0.4, -0.2) is 43.0 Å². The van der Waals surface area contributed by atoms with Gasteiger partial charge in [-0.1, -0.05) is 39.0 Å². The van der Waals surface area contributed by atoms with Crippen LogP contribution in [0.25, 0.3) is 0 Å². The van der Waals surface area contributed by atoms with Crippen molar-refractivity contribution in [1.82, 2.24) is 0 Å². The number of aliphatic hydroxyl groups is 2. The van der Waals surface area contributed by atoms with Gasteiger partial charge in [-0.3, -0.25) is 0 Å². The Hall–Kier alpha value is 0.157. The standard InChI is InChI=1S/C11H23O3SSi/c1-3-4-5-6-7-8-9(15)16-11(13)10(12)14-2/h9-10,12-13,15H,3-8H2,1-2H3. The van der Waals surface area contributed by atoms with E-state index in [0.29, 0.717) is 0 Å². The van der Waals surface area contributed by atoms with Gasteiger partial charge in [0.25, 0.3) is 0 Å². The average molecular weight is 263 g/mol. The van der Waals surface area contributed by atoms with Gasteiger partial charge >= 0.3 is 0 Å². The molecule has 0 heterocycles. The van der Waals surface area contributed by atoms with E-state index in [1.807, 2.05) is 0 Å². The van der Waals surface area contributed by atoms with E-state index in [2.05, 4.69) is 24.3 Å². The summed E-state index contributed by atoms with van der Waals surface area (Å²) in [6.45, 7) is 2.20. The molecule has 16 heavy (non-hydrogen) atoms. The maximum Gasteiger partial charge on any atom is 0.207 e. The van der Waals surface area contributed by atoms with Gasteiger partial charge in [-0.25, -0.2) is 0 Å². The normalized spacial score (nSPS) is 16.1. The third-order valence-electron chi connectivity index (χ3n) is 2.35. The van der Waals surface area contributed by atoms with E-state index in [1.54, 1.807) is 0 Å². The van der Waals surface area contributed by atoms with Gasteiger partial charge in [-0.05, 0) is 6.42 Å². The zero-order valence-electron chi connectivity index (χ0n) is 10.1. The molecule has 0 aromatic rings. The van der Waals surface area contributed by atoms with Crippen LogP contribution in [0.2, 0.25) is 0 Å². The minimum absolute atomic E-state index is 0.00365. The summed E-state index contributed by atoms with van der Waals surface area (Å²) in [4.78, 5) is 0.131. The van der Waals surface area contributed by atoms with E-state index in [4.69, 9.17) is 0 Å². The highest BCUT2D eigenvalue weighted by atomic mass is 32.1. The molecule has 0 saturated carbocycles. The average Bonchev–Trinajstić information content (AvgIpc) is 2.27. The van der Waals surface area contributed by atoms with Crippen LogP contribution in [0.5, 0.6) is 0 Å². The highest BCUT2D eigenvalue weighted by Gasteiger charge is 2.10. The van der Waals surface area contributed by atoms with Crippen molar-refractivity contribution in [2.24, 2.45) is 0 Å². The molecule has 0 amide bonds. The maximum atomic E-state index is 9.43. The van der Waals surface area contributed by atoms with Crippen LogP contribution in [0.3, 0.4) is 0 Å². The maximum absolute atomic E-state index is 9.43. The highest BCUT2D eigenvalue weighted by Crippen LogP contribution is 2.09. The topological polar surface area (TPSA) is 49.7 Å². The lowest BCUT2D eigenvalue weighted by atomic mass is 10.1. The molecular weight excluding hydrogens is 240 g/mol. The summed E-state index contributed by atoms with van der Waals surface area (Å²) in [7, 11) is 1.51. The van der Waals surface area contributed by atoms with Gasteiger partial charge in [0, 0.05) is 12.0 Å². The van der Waals surface area contributed by atoms with Crippen molar-refractivity contribution in [2.75, 3.05) is 7.11 Å². The summed E-state index contributed by atoms with van der Waals surface area (Å²) in [6.07, 6.45) is 6.00. The van der Waals surface area contributed by atoms with Crippen LogP contribution >= 0.6 is 12.6 Å². The predicted octanol–water partition coefficient (Wildman–Crippen LogP) is 1.77. The summed E-state index contributed by atoms with van der Waals surface area (Å²) in [6, 6.07) is 0. The molecule has 5 heteroatoms. The Labute approximate surface area is 106 Å². The third-order valence-corrected chi connectivity index (χ3v) is 4.16. The first-order chi connectivity index (χ1) is 7.61. The van der Waals surface area contributed by atoms with Crippen molar-refractivity contribution in [3.8, 4) is 0 Å². The summed E-state index contributed by atoms with van der Waals surface area (Å²) < 4.78 is 4.61. The molecule has 95 valence electrons. The van der Waals surface area contributed by atoms with Crippen molar-refractivity contribution in [1.29, 1.82) is 0 Å². The Morgan fingerprint density at radius 2 is 1.94 bits per heavy atom. The minimum Gasteiger partial charge on any atom is -0.513 e. The van der Waals surface area contributed by atoms with Gasteiger partial charge in [0.2, 0.25) is 6.29 Å². The Morgan fingerprint density at radius 3 is 2.50 bits per heavy atom. The molecule has 1 radical (unpaired) electrons. The van der Waals surface area contributed by atoms with Crippen LogP contribution in [-0.2, 0) is 4.74 Å². The van der Waals surface area contributed by atoms with Crippen molar-refractivity contribution in [3.05, 3.63) is 0 Å². The van der Waals surface area contributed by atoms with Crippen LogP contribution in [0, 0.1) is 0 Å². The zero-order valence-corrected chi connectivity index (χ0v) is 12.0. The van der Waals surface area contributed by atoms with Crippen LogP contribution in [0.4, 0.5) is 0 Å². The summed E-state index contributed by atoms with van der Waals surface area (Å²) >= 11 is 4.39. The van der Waals surface area contributed by atoms with Crippen molar-refractivity contribution in [3.63, 3.8) is 0 Å². The first-order valence-corrected chi connectivity index (χ1v) is 7.42. The molecule has 2 unspecified atom stereocenters. The SMILES string of the molecule is CCCCCCCC(S)[Si]=C(O)C(O)OC. The quantitative estimate of drug-likeness (QED) is 0.257. The van der Waals surface area contributed by atoms with Crippen LogP contribution in [0.15, 0.2) is 0 Å². The second kappa shape index (κ2) is 10.3. The smallest absolute Gasteiger partial charge is 0.207 e. The van der Waals surface area contributed by atoms with Crippen LogP contribution < -0.4 is 0 Å². The van der Waals surface area contributed by atoms with Gasteiger partial charge in [-0.15, -0.1) is 0 Å². The van der Waals surface area contributed by atoms with Gasteiger partial charge < -0.3 is 14.9 Å². The lowest BCUT2D eigenvalue weighted by molar-refractivity contribution is -0.0290. The van der Waals surface area contributed by atoms with Gasteiger partial charge in [0.05, 0.1) is 9.13 Å². The summed E-state index contributed by atoms with van der Waals surface area (Å²) in [5.41, 5.74) is 0. The second-order valence-electron chi connectivity index (χ2n) is 3.84. The largest absolute Gasteiger partial charge is 0.513 e. The number of thiol groups is 1. The monoisotopic (exact) mass is 263 g/mol.